The summed E-state index contributed by atoms with van der Waals surface area (Å²) >= 11 is 0. The van der Waals surface area contributed by atoms with Crippen LogP contribution in [0.2, 0.25) is 0 Å². The van der Waals surface area contributed by atoms with Crippen LogP contribution in [0.1, 0.15) is 23.9 Å². The first-order valence-corrected chi connectivity index (χ1v) is 8.05. The smallest absolute Gasteiger partial charge is 0.319 e. The minimum Gasteiger partial charge on any atom is -0.361 e. The number of aromatic amines is 1. The standard InChI is InChI=1S/C18H20N4O3/c1-10(9-15-11(2)22-25-12(15)3)20-18(24)21-16-6-4-5-14-13(16)7-8-19-17(14)23/h4-8,10H,9H2,1-3H3,(H,19,23)(H2,20,21,24)/t10-/m0/s1. The van der Waals surface area contributed by atoms with Crippen molar-refractivity contribution in [2.45, 2.75) is 33.2 Å². The molecule has 0 saturated heterocycles. The lowest BCUT2D eigenvalue weighted by molar-refractivity contribution is 0.249. The van der Waals surface area contributed by atoms with Gasteiger partial charge in [-0.3, -0.25) is 4.79 Å². The third-order valence-electron chi connectivity index (χ3n) is 4.13. The van der Waals surface area contributed by atoms with E-state index in [1.165, 1.54) is 0 Å². The van der Waals surface area contributed by atoms with Crippen LogP contribution in [-0.4, -0.2) is 22.2 Å². The monoisotopic (exact) mass is 340 g/mol. The van der Waals surface area contributed by atoms with Crippen molar-refractivity contribution in [3.8, 4) is 0 Å². The number of hydrogen-bond acceptors (Lipinski definition) is 4. The van der Waals surface area contributed by atoms with Crippen LogP contribution in [0.25, 0.3) is 10.8 Å². The minimum atomic E-state index is -0.327. The number of benzene rings is 1. The number of amides is 2. The van der Waals surface area contributed by atoms with Gasteiger partial charge in [0, 0.05) is 28.6 Å². The van der Waals surface area contributed by atoms with Gasteiger partial charge >= 0.3 is 6.03 Å². The lowest BCUT2D eigenvalue weighted by Gasteiger charge is -2.15. The van der Waals surface area contributed by atoms with E-state index in [1.54, 1.807) is 30.5 Å². The van der Waals surface area contributed by atoms with Gasteiger partial charge in [-0.2, -0.15) is 0 Å². The molecule has 3 N–H and O–H groups in total. The number of rotatable bonds is 4. The molecule has 2 amide bonds. The van der Waals surface area contributed by atoms with Crippen LogP contribution < -0.4 is 16.2 Å². The summed E-state index contributed by atoms with van der Waals surface area (Å²) in [5.41, 5.74) is 2.24. The lowest BCUT2D eigenvalue weighted by Crippen LogP contribution is -2.37. The number of nitrogens with zero attached hydrogens (tertiary/aromatic N) is 1. The van der Waals surface area contributed by atoms with E-state index in [2.05, 4.69) is 20.8 Å². The van der Waals surface area contributed by atoms with Crippen molar-refractivity contribution in [1.82, 2.24) is 15.5 Å². The van der Waals surface area contributed by atoms with Gasteiger partial charge in [0.25, 0.3) is 5.56 Å². The molecule has 0 unspecified atom stereocenters. The van der Waals surface area contributed by atoms with Crippen molar-refractivity contribution in [1.29, 1.82) is 0 Å². The van der Waals surface area contributed by atoms with Crippen LogP contribution in [0.15, 0.2) is 39.8 Å². The number of pyridine rings is 1. The van der Waals surface area contributed by atoms with Crippen molar-refractivity contribution in [2.24, 2.45) is 0 Å². The van der Waals surface area contributed by atoms with Crippen LogP contribution in [0.4, 0.5) is 10.5 Å². The fourth-order valence-corrected chi connectivity index (χ4v) is 2.86. The van der Waals surface area contributed by atoms with Crippen molar-refractivity contribution >= 4 is 22.5 Å². The molecule has 0 radical (unpaired) electrons. The number of carbonyl (C=O) groups excluding carboxylic acids is 1. The van der Waals surface area contributed by atoms with E-state index >= 15 is 0 Å². The molecule has 0 bridgehead atoms. The van der Waals surface area contributed by atoms with Gasteiger partial charge in [0.2, 0.25) is 0 Å². The largest absolute Gasteiger partial charge is 0.361 e. The molecular formula is C18H20N4O3. The van der Waals surface area contributed by atoms with Gasteiger partial charge < -0.3 is 20.1 Å². The number of carbonyl (C=O) groups is 1. The predicted molar refractivity (Wildman–Crippen MR) is 95.9 cm³/mol. The molecule has 1 atom stereocenters. The molecule has 0 aliphatic heterocycles. The Bertz CT molecular complexity index is 954. The van der Waals surface area contributed by atoms with Crippen molar-refractivity contribution in [3.05, 3.63) is 57.8 Å². The molecule has 7 heteroatoms. The van der Waals surface area contributed by atoms with Crippen LogP contribution in [0.3, 0.4) is 0 Å². The van der Waals surface area contributed by atoms with E-state index in [9.17, 15) is 9.59 Å². The topological polar surface area (TPSA) is 100 Å². The van der Waals surface area contributed by atoms with Crippen LogP contribution in [-0.2, 0) is 6.42 Å². The fourth-order valence-electron chi connectivity index (χ4n) is 2.86. The molecule has 0 aliphatic carbocycles. The molecule has 0 saturated carbocycles. The van der Waals surface area contributed by atoms with E-state index in [4.69, 9.17) is 4.52 Å². The first kappa shape index (κ1) is 16.8. The van der Waals surface area contributed by atoms with Crippen LogP contribution >= 0.6 is 0 Å². The maximum atomic E-state index is 12.3. The second-order valence-electron chi connectivity index (χ2n) is 6.08. The van der Waals surface area contributed by atoms with Crippen molar-refractivity contribution < 1.29 is 9.32 Å². The number of aromatic nitrogens is 2. The summed E-state index contributed by atoms with van der Waals surface area (Å²) in [6, 6.07) is 6.56. The Balaban J connectivity index is 1.71. The Morgan fingerprint density at radius 2 is 2.08 bits per heavy atom. The summed E-state index contributed by atoms with van der Waals surface area (Å²) in [6.07, 6.45) is 2.19. The SMILES string of the molecule is Cc1noc(C)c1C[C@H](C)NC(=O)Nc1cccc2c(=O)[nH]ccc12. The van der Waals surface area contributed by atoms with E-state index in [0.29, 0.717) is 22.9 Å². The zero-order chi connectivity index (χ0) is 18.0. The van der Waals surface area contributed by atoms with E-state index in [-0.39, 0.29) is 17.6 Å². The molecule has 25 heavy (non-hydrogen) atoms. The van der Waals surface area contributed by atoms with Gasteiger partial charge in [-0.05, 0) is 45.4 Å². The molecule has 3 aromatic rings. The first-order chi connectivity index (χ1) is 12.0. The number of nitrogens with one attached hydrogen (secondary N) is 3. The number of anilines is 1. The molecule has 7 nitrogen and oxygen atoms in total. The van der Waals surface area contributed by atoms with Crippen LogP contribution in [0.5, 0.6) is 0 Å². The molecule has 3 rings (SSSR count). The lowest BCUT2D eigenvalue weighted by atomic mass is 10.1. The third kappa shape index (κ3) is 3.55. The highest BCUT2D eigenvalue weighted by Crippen LogP contribution is 2.20. The molecule has 0 fully saturated rings. The van der Waals surface area contributed by atoms with E-state index in [1.807, 2.05) is 20.8 Å². The number of urea groups is 1. The molecule has 2 heterocycles. The number of fused-ring (bicyclic) bond motifs is 1. The zero-order valence-electron chi connectivity index (χ0n) is 14.3. The zero-order valence-corrected chi connectivity index (χ0v) is 14.3. The Labute approximate surface area is 144 Å². The second kappa shape index (κ2) is 6.80. The Morgan fingerprint density at radius 3 is 2.80 bits per heavy atom. The minimum absolute atomic E-state index is 0.102. The third-order valence-corrected chi connectivity index (χ3v) is 4.13. The molecular weight excluding hydrogens is 320 g/mol. The Morgan fingerprint density at radius 1 is 1.28 bits per heavy atom. The number of H-pyrrole nitrogens is 1. The highest BCUT2D eigenvalue weighted by atomic mass is 16.5. The predicted octanol–water partition coefficient (Wildman–Crippen LogP) is 2.89. The summed E-state index contributed by atoms with van der Waals surface area (Å²) in [6.45, 7) is 5.65. The van der Waals surface area contributed by atoms with Gasteiger partial charge in [0.05, 0.1) is 11.4 Å². The average Bonchev–Trinajstić information content (AvgIpc) is 2.87. The van der Waals surface area contributed by atoms with Crippen LogP contribution in [0, 0.1) is 13.8 Å². The molecule has 0 aliphatic rings. The first-order valence-electron chi connectivity index (χ1n) is 8.05. The Hall–Kier alpha value is -3.09. The highest BCUT2D eigenvalue weighted by Gasteiger charge is 2.15. The van der Waals surface area contributed by atoms with Gasteiger partial charge in [-0.25, -0.2) is 4.79 Å². The van der Waals surface area contributed by atoms with Crippen molar-refractivity contribution in [3.63, 3.8) is 0 Å². The number of hydrogen-bond donors (Lipinski definition) is 3. The second-order valence-corrected chi connectivity index (χ2v) is 6.08. The maximum Gasteiger partial charge on any atom is 0.319 e. The normalized spacial score (nSPS) is 12.1. The number of aryl methyl sites for hydroxylation is 2. The summed E-state index contributed by atoms with van der Waals surface area (Å²) in [5, 5.41) is 10.9. The average molecular weight is 340 g/mol. The highest BCUT2D eigenvalue weighted by molar-refractivity contribution is 6.01. The molecule has 0 spiro atoms. The quantitative estimate of drug-likeness (QED) is 0.680. The Kier molecular flexibility index (Phi) is 4.56. The molecule has 130 valence electrons. The fraction of sp³-hybridized carbons (Fsp3) is 0.278. The van der Waals surface area contributed by atoms with E-state index < -0.39 is 0 Å². The van der Waals surface area contributed by atoms with E-state index in [0.717, 1.165) is 17.0 Å². The molecule has 2 aromatic heterocycles. The summed E-state index contributed by atoms with van der Waals surface area (Å²) in [5.74, 6) is 0.764. The van der Waals surface area contributed by atoms with Gasteiger partial charge in [0.1, 0.15) is 5.76 Å². The maximum absolute atomic E-state index is 12.3. The van der Waals surface area contributed by atoms with Gasteiger partial charge in [-0.15, -0.1) is 0 Å². The summed E-state index contributed by atoms with van der Waals surface area (Å²) in [4.78, 5) is 26.8. The molecule has 1 aromatic carbocycles. The summed E-state index contributed by atoms with van der Waals surface area (Å²) < 4.78 is 5.15. The van der Waals surface area contributed by atoms with Gasteiger partial charge in [0.15, 0.2) is 0 Å². The van der Waals surface area contributed by atoms with Crippen molar-refractivity contribution in [2.75, 3.05) is 5.32 Å². The van der Waals surface area contributed by atoms with Gasteiger partial charge in [-0.1, -0.05) is 11.2 Å². The summed E-state index contributed by atoms with van der Waals surface area (Å²) in [7, 11) is 0.